The molecule has 0 bridgehead atoms. The number of thiophene rings is 1. The second-order valence-corrected chi connectivity index (χ2v) is 7.49. The summed E-state index contributed by atoms with van der Waals surface area (Å²) in [6.07, 6.45) is 2.05. The number of imidazole rings is 1. The summed E-state index contributed by atoms with van der Waals surface area (Å²) in [6.45, 7) is 4.47. The first-order valence-corrected chi connectivity index (χ1v) is 9.94. The standard InChI is InChI=1S/C22H21N3O2S/c1-14-4-7-16(8-5-14)21-18(25-11-15(2)6-9-20(25)24-21)10-23-22(26)17-12-28-13-19(17)27-3/h4-9,11-13H,10H2,1-3H3,(H,23,26). The lowest BCUT2D eigenvalue weighted by Crippen LogP contribution is -2.23. The molecule has 0 saturated heterocycles. The summed E-state index contributed by atoms with van der Waals surface area (Å²) in [7, 11) is 1.57. The van der Waals surface area contributed by atoms with Crippen molar-refractivity contribution in [3.63, 3.8) is 0 Å². The molecule has 1 amide bonds. The van der Waals surface area contributed by atoms with Crippen LogP contribution in [0.4, 0.5) is 0 Å². The fraction of sp³-hybridized carbons (Fsp3) is 0.182. The van der Waals surface area contributed by atoms with E-state index in [4.69, 9.17) is 9.72 Å². The van der Waals surface area contributed by atoms with Crippen LogP contribution in [-0.4, -0.2) is 22.4 Å². The van der Waals surface area contributed by atoms with E-state index in [-0.39, 0.29) is 5.91 Å². The molecule has 3 heterocycles. The van der Waals surface area contributed by atoms with Gasteiger partial charge in [0.1, 0.15) is 11.4 Å². The first-order valence-electron chi connectivity index (χ1n) is 9.00. The monoisotopic (exact) mass is 391 g/mol. The zero-order valence-electron chi connectivity index (χ0n) is 16.0. The number of rotatable bonds is 5. The highest BCUT2D eigenvalue weighted by Gasteiger charge is 2.17. The van der Waals surface area contributed by atoms with Crippen molar-refractivity contribution in [2.45, 2.75) is 20.4 Å². The lowest BCUT2D eigenvalue weighted by Gasteiger charge is -2.09. The first kappa shape index (κ1) is 18.3. The van der Waals surface area contributed by atoms with Crippen molar-refractivity contribution in [1.29, 1.82) is 0 Å². The first-order chi connectivity index (χ1) is 13.6. The van der Waals surface area contributed by atoms with Crippen LogP contribution in [-0.2, 0) is 6.54 Å². The number of amides is 1. The van der Waals surface area contributed by atoms with Crippen LogP contribution in [0.3, 0.4) is 0 Å². The van der Waals surface area contributed by atoms with Gasteiger partial charge in [-0.25, -0.2) is 4.98 Å². The Kier molecular flexibility index (Phi) is 4.88. The minimum absolute atomic E-state index is 0.157. The molecule has 6 heteroatoms. The van der Waals surface area contributed by atoms with Crippen molar-refractivity contribution in [2.24, 2.45) is 0 Å². The second-order valence-electron chi connectivity index (χ2n) is 6.74. The summed E-state index contributed by atoms with van der Waals surface area (Å²) in [5, 5.41) is 6.65. The molecule has 0 radical (unpaired) electrons. The van der Waals surface area contributed by atoms with E-state index >= 15 is 0 Å². The number of hydrogen-bond acceptors (Lipinski definition) is 4. The van der Waals surface area contributed by atoms with Crippen molar-refractivity contribution < 1.29 is 9.53 Å². The number of nitrogens with one attached hydrogen (secondary N) is 1. The van der Waals surface area contributed by atoms with Crippen molar-refractivity contribution in [3.05, 3.63) is 75.7 Å². The molecule has 0 aliphatic rings. The Morgan fingerprint density at radius 1 is 1.11 bits per heavy atom. The Bertz CT molecular complexity index is 1140. The third-order valence-corrected chi connectivity index (χ3v) is 5.42. The van der Waals surface area contributed by atoms with Crippen LogP contribution in [0.15, 0.2) is 53.4 Å². The van der Waals surface area contributed by atoms with E-state index in [1.165, 1.54) is 16.9 Å². The van der Waals surface area contributed by atoms with E-state index in [2.05, 4.69) is 40.9 Å². The van der Waals surface area contributed by atoms with Gasteiger partial charge in [0.2, 0.25) is 0 Å². The molecule has 0 atom stereocenters. The molecule has 142 valence electrons. The normalized spacial score (nSPS) is 11.0. The van der Waals surface area contributed by atoms with Crippen LogP contribution >= 0.6 is 11.3 Å². The highest BCUT2D eigenvalue weighted by atomic mass is 32.1. The van der Waals surface area contributed by atoms with Crippen LogP contribution in [0.25, 0.3) is 16.9 Å². The summed E-state index contributed by atoms with van der Waals surface area (Å²) in [5.41, 5.74) is 6.60. The molecule has 0 spiro atoms. The molecule has 28 heavy (non-hydrogen) atoms. The topological polar surface area (TPSA) is 55.6 Å². The van der Waals surface area contributed by atoms with Gasteiger partial charge in [-0.15, -0.1) is 11.3 Å². The smallest absolute Gasteiger partial charge is 0.256 e. The predicted octanol–water partition coefficient (Wildman–Crippen LogP) is 4.62. The lowest BCUT2D eigenvalue weighted by molar-refractivity contribution is 0.0948. The Morgan fingerprint density at radius 3 is 2.61 bits per heavy atom. The number of nitrogens with zero attached hydrogens (tertiary/aromatic N) is 2. The molecular formula is C22H21N3O2S. The maximum Gasteiger partial charge on any atom is 0.256 e. The van der Waals surface area contributed by atoms with Gasteiger partial charge in [0.15, 0.2) is 0 Å². The maximum atomic E-state index is 12.7. The van der Waals surface area contributed by atoms with Crippen molar-refractivity contribution in [3.8, 4) is 17.0 Å². The van der Waals surface area contributed by atoms with E-state index in [1.807, 2.05) is 30.6 Å². The fourth-order valence-corrected chi connectivity index (χ4v) is 3.95. The van der Waals surface area contributed by atoms with Gasteiger partial charge >= 0.3 is 0 Å². The Hall–Kier alpha value is -3.12. The number of carbonyl (C=O) groups excluding carboxylic acids is 1. The van der Waals surface area contributed by atoms with E-state index < -0.39 is 0 Å². The minimum Gasteiger partial charge on any atom is -0.495 e. The molecular weight excluding hydrogens is 370 g/mol. The van der Waals surface area contributed by atoms with E-state index in [1.54, 1.807) is 12.5 Å². The summed E-state index contributed by atoms with van der Waals surface area (Å²) in [4.78, 5) is 17.5. The number of aromatic nitrogens is 2. The molecule has 4 rings (SSSR count). The molecule has 0 aliphatic carbocycles. The van der Waals surface area contributed by atoms with Gasteiger partial charge < -0.3 is 14.5 Å². The number of carbonyl (C=O) groups is 1. The largest absolute Gasteiger partial charge is 0.495 e. The second kappa shape index (κ2) is 7.48. The van der Waals surface area contributed by atoms with E-state index in [0.717, 1.165) is 28.2 Å². The van der Waals surface area contributed by atoms with Crippen LogP contribution in [0.1, 0.15) is 27.2 Å². The highest BCUT2D eigenvalue weighted by molar-refractivity contribution is 7.08. The number of ether oxygens (including phenoxy) is 1. The number of methoxy groups -OCH3 is 1. The predicted molar refractivity (Wildman–Crippen MR) is 112 cm³/mol. The van der Waals surface area contributed by atoms with Gasteiger partial charge in [-0.2, -0.15) is 0 Å². The van der Waals surface area contributed by atoms with Crippen molar-refractivity contribution in [1.82, 2.24) is 14.7 Å². The van der Waals surface area contributed by atoms with Gasteiger partial charge in [-0.05, 0) is 25.5 Å². The quantitative estimate of drug-likeness (QED) is 0.540. The molecule has 0 saturated carbocycles. The molecule has 5 nitrogen and oxygen atoms in total. The minimum atomic E-state index is -0.157. The lowest BCUT2D eigenvalue weighted by atomic mass is 10.1. The average molecular weight is 391 g/mol. The highest BCUT2D eigenvalue weighted by Crippen LogP contribution is 2.26. The van der Waals surface area contributed by atoms with Crippen molar-refractivity contribution >= 4 is 22.9 Å². The molecule has 3 aromatic heterocycles. The fourth-order valence-electron chi connectivity index (χ4n) is 3.18. The van der Waals surface area contributed by atoms with Crippen LogP contribution < -0.4 is 10.1 Å². The van der Waals surface area contributed by atoms with Crippen LogP contribution in [0.5, 0.6) is 5.75 Å². The molecule has 1 aromatic carbocycles. The molecule has 0 fully saturated rings. The number of aryl methyl sites for hydroxylation is 2. The van der Waals surface area contributed by atoms with Gasteiger partial charge in [-0.1, -0.05) is 35.9 Å². The molecule has 0 unspecified atom stereocenters. The summed E-state index contributed by atoms with van der Waals surface area (Å²) >= 11 is 1.44. The van der Waals surface area contributed by atoms with Gasteiger partial charge in [0, 0.05) is 22.5 Å². The van der Waals surface area contributed by atoms with Crippen LogP contribution in [0, 0.1) is 13.8 Å². The zero-order chi connectivity index (χ0) is 19.7. The third-order valence-electron chi connectivity index (χ3n) is 4.70. The van der Waals surface area contributed by atoms with Gasteiger partial charge in [0.05, 0.1) is 30.6 Å². The Balaban J connectivity index is 1.72. The number of pyridine rings is 1. The molecule has 1 N–H and O–H groups in total. The maximum absolute atomic E-state index is 12.7. The Morgan fingerprint density at radius 2 is 1.86 bits per heavy atom. The van der Waals surface area contributed by atoms with E-state index in [0.29, 0.717) is 17.9 Å². The summed E-state index contributed by atoms with van der Waals surface area (Å²) in [5.74, 6) is 0.436. The van der Waals surface area contributed by atoms with Gasteiger partial charge in [-0.3, -0.25) is 4.79 Å². The van der Waals surface area contributed by atoms with Crippen molar-refractivity contribution in [2.75, 3.05) is 7.11 Å². The zero-order valence-corrected chi connectivity index (χ0v) is 16.8. The summed E-state index contributed by atoms with van der Waals surface area (Å²) < 4.78 is 7.32. The average Bonchev–Trinajstić information content (AvgIpc) is 3.31. The number of hydrogen-bond donors (Lipinski definition) is 1. The van der Waals surface area contributed by atoms with Crippen LogP contribution in [0.2, 0.25) is 0 Å². The number of benzene rings is 1. The molecule has 4 aromatic rings. The van der Waals surface area contributed by atoms with Gasteiger partial charge in [0.25, 0.3) is 5.91 Å². The van der Waals surface area contributed by atoms with E-state index in [9.17, 15) is 4.79 Å². The third kappa shape index (κ3) is 3.39. The Labute approximate surface area is 167 Å². The summed E-state index contributed by atoms with van der Waals surface area (Å²) in [6, 6.07) is 12.3. The molecule has 0 aliphatic heterocycles. The SMILES string of the molecule is COc1cscc1C(=O)NCc1c(-c2ccc(C)cc2)nc2ccc(C)cn12. The number of fused-ring (bicyclic) bond motifs is 1.